The second-order valence-electron chi connectivity index (χ2n) is 2.94. The Bertz CT molecular complexity index is 316. The van der Waals surface area contributed by atoms with E-state index in [1.807, 2.05) is 6.20 Å². The normalized spacial score (nSPS) is 15.9. The molecular weight excluding hydrogens is 180 g/mol. The number of aliphatic imine (C=N–C) groups is 1. The Hall–Kier alpha value is -0.830. The maximum absolute atomic E-state index is 4.38. The summed E-state index contributed by atoms with van der Waals surface area (Å²) in [6.07, 6.45) is 2.99. The first-order valence-electron chi connectivity index (χ1n) is 4.52. The van der Waals surface area contributed by atoms with Gasteiger partial charge in [0.15, 0.2) is 0 Å². The van der Waals surface area contributed by atoms with Gasteiger partial charge in [-0.3, -0.25) is 9.98 Å². The van der Waals surface area contributed by atoms with Crippen LogP contribution in [0.5, 0.6) is 0 Å². The van der Waals surface area contributed by atoms with Gasteiger partial charge in [0.05, 0.1) is 5.69 Å². The second kappa shape index (κ2) is 3.92. The van der Waals surface area contributed by atoms with E-state index in [0.717, 1.165) is 29.5 Å². The summed E-state index contributed by atoms with van der Waals surface area (Å²) in [6.45, 7) is 3.08. The Morgan fingerprint density at radius 1 is 1.46 bits per heavy atom. The molecule has 0 bridgehead atoms. The van der Waals surface area contributed by atoms with Crippen molar-refractivity contribution in [3.05, 3.63) is 29.6 Å². The molecule has 1 aliphatic heterocycles. The molecule has 0 N–H and O–H groups in total. The topological polar surface area (TPSA) is 25.2 Å². The van der Waals surface area contributed by atoms with Gasteiger partial charge in [-0.05, 0) is 18.1 Å². The van der Waals surface area contributed by atoms with Gasteiger partial charge in [-0.15, -0.1) is 11.8 Å². The van der Waals surface area contributed by atoms with Gasteiger partial charge in [0, 0.05) is 18.5 Å². The van der Waals surface area contributed by atoms with E-state index < -0.39 is 0 Å². The van der Waals surface area contributed by atoms with E-state index in [4.69, 9.17) is 0 Å². The lowest BCUT2D eigenvalue weighted by molar-refractivity contribution is 1.10. The van der Waals surface area contributed by atoms with Crippen molar-refractivity contribution in [2.24, 2.45) is 4.99 Å². The summed E-state index contributed by atoms with van der Waals surface area (Å²) in [6, 6.07) is 4.19. The molecule has 13 heavy (non-hydrogen) atoms. The molecule has 1 aliphatic rings. The molecule has 68 valence electrons. The highest BCUT2D eigenvalue weighted by atomic mass is 32.2. The number of aryl methyl sites for hydroxylation is 1. The standard InChI is InChI=1S/C10H12N2S/c1-2-8-3-4-9(12-7-8)10-11-5-6-13-10/h3-4,7H,2,5-6H2,1H3. The van der Waals surface area contributed by atoms with Gasteiger partial charge in [-0.2, -0.15) is 0 Å². The molecule has 2 rings (SSSR count). The molecule has 0 radical (unpaired) electrons. The van der Waals surface area contributed by atoms with E-state index in [-0.39, 0.29) is 0 Å². The molecule has 0 spiro atoms. The zero-order chi connectivity index (χ0) is 9.10. The quantitative estimate of drug-likeness (QED) is 0.717. The maximum atomic E-state index is 4.38. The molecule has 1 aromatic rings. The fourth-order valence-electron chi connectivity index (χ4n) is 1.25. The summed E-state index contributed by atoms with van der Waals surface area (Å²) in [4.78, 5) is 8.76. The smallest absolute Gasteiger partial charge is 0.116 e. The lowest BCUT2D eigenvalue weighted by atomic mass is 10.2. The predicted octanol–water partition coefficient (Wildman–Crippen LogP) is 2.14. The average Bonchev–Trinajstić information content (AvgIpc) is 2.71. The van der Waals surface area contributed by atoms with Crippen LogP contribution in [0.4, 0.5) is 0 Å². The molecule has 0 atom stereocenters. The average molecular weight is 192 g/mol. The lowest BCUT2D eigenvalue weighted by Gasteiger charge is -1.99. The second-order valence-corrected chi connectivity index (χ2v) is 4.02. The SMILES string of the molecule is CCc1ccc(C2=NCCS2)nc1. The van der Waals surface area contributed by atoms with Crippen LogP contribution in [-0.4, -0.2) is 22.3 Å². The van der Waals surface area contributed by atoms with Crippen molar-refractivity contribution in [1.29, 1.82) is 0 Å². The Balaban J connectivity index is 2.22. The molecule has 3 heteroatoms. The van der Waals surface area contributed by atoms with E-state index in [0.29, 0.717) is 0 Å². The maximum Gasteiger partial charge on any atom is 0.116 e. The Morgan fingerprint density at radius 2 is 2.38 bits per heavy atom. The zero-order valence-electron chi connectivity index (χ0n) is 7.66. The fourth-order valence-corrected chi connectivity index (χ4v) is 2.08. The van der Waals surface area contributed by atoms with Crippen LogP contribution in [0.2, 0.25) is 0 Å². The Labute approximate surface area is 82.5 Å². The minimum atomic E-state index is 0.942. The third-order valence-corrected chi connectivity index (χ3v) is 3.04. The van der Waals surface area contributed by atoms with Crippen LogP contribution in [0.3, 0.4) is 0 Å². The number of nitrogens with zero attached hydrogens (tertiary/aromatic N) is 2. The summed E-state index contributed by atoms with van der Waals surface area (Å²) < 4.78 is 0. The van der Waals surface area contributed by atoms with Crippen LogP contribution in [-0.2, 0) is 6.42 Å². The van der Waals surface area contributed by atoms with Crippen LogP contribution < -0.4 is 0 Å². The first kappa shape index (κ1) is 8.75. The van der Waals surface area contributed by atoms with Crippen molar-refractivity contribution in [2.75, 3.05) is 12.3 Å². The van der Waals surface area contributed by atoms with Crippen molar-refractivity contribution in [1.82, 2.24) is 4.98 Å². The van der Waals surface area contributed by atoms with Crippen LogP contribution in [0.1, 0.15) is 18.2 Å². The van der Waals surface area contributed by atoms with Gasteiger partial charge in [0.2, 0.25) is 0 Å². The van der Waals surface area contributed by atoms with Crippen LogP contribution in [0, 0.1) is 0 Å². The number of aromatic nitrogens is 1. The number of hydrogen-bond acceptors (Lipinski definition) is 3. The Morgan fingerprint density at radius 3 is 2.92 bits per heavy atom. The molecule has 0 unspecified atom stereocenters. The first-order chi connectivity index (χ1) is 6.40. The van der Waals surface area contributed by atoms with Gasteiger partial charge in [0.25, 0.3) is 0 Å². The molecule has 0 fully saturated rings. The fraction of sp³-hybridized carbons (Fsp3) is 0.400. The largest absolute Gasteiger partial charge is 0.275 e. The molecule has 0 aliphatic carbocycles. The lowest BCUT2D eigenvalue weighted by Crippen LogP contribution is -1.96. The molecule has 2 heterocycles. The van der Waals surface area contributed by atoms with E-state index in [1.165, 1.54) is 5.56 Å². The van der Waals surface area contributed by atoms with Crippen molar-refractivity contribution < 1.29 is 0 Å². The third kappa shape index (κ3) is 1.91. The summed E-state index contributed by atoms with van der Waals surface area (Å²) in [5.41, 5.74) is 2.31. The van der Waals surface area contributed by atoms with Crippen molar-refractivity contribution in [3.8, 4) is 0 Å². The van der Waals surface area contributed by atoms with E-state index in [9.17, 15) is 0 Å². The van der Waals surface area contributed by atoms with E-state index in [2.05, 4.69) is 29.0 Å². The summed E-state index contributed by atoms with van der Waals surface area (Å²) >= 11 is 1.80. The van der Waals surface area contributed by atoms with Crippen molar-refractivity contribution >= 4 is 16.8 Å². The predicted molar refractivity (Wildman–Crippen MR) is 57.5 cm³/mol. The minimum Gasteiger partial charge on any atom is -0.275 e. The summed E-state index contributed by atoms with van der Waals surface area (Å²) in [5.74, 6) is 1.10. The van der Waals surface area contributed by atoms with Gasteiger partial charge in [-0.25, -0.2) is 0 Å². The van der Waals surface area contributed by atoms with E-state index in [1.54, 1.807) is 11.8 Å². The molecule has 1 aromatic heterocycles. The summed E-state index contributed by atoms with van der Waals surface area (Å²) in [7, 11) is 0. The van der Waals surface area contributed by atoms with Crippen LogP contribution in [0.25, 0.3) is 0 Å². The molecule has 0 saturated carbocycles. The summed E-state index contributed by atoms with van der Waals surface area (Å²) in [5, 5.41) is 1.10. The zero-order valence-corrected chi connectivity index (χ0v) is 8.47. The molecule has 2 nitrogen and oxygen atoms in total. The van der Waals surface area contributed by atoms with Crippen molar-refractivity contribution in [2.45, 2.75) is 13.3 Å². The monoisotopic (exact) mass is 192 g/mol. The van der Waals surface area contributed by atoms with E-state index >= 15 is 0 Å². The first-order valence-corrected chi connectivity index (χ1v) is 5.51. The van der Waals surface area contributed by atoms with Gasteiger partial charge in [0.1, 0.15) is 5.04 Å². The van der Waals surface area contributed by atoms with Crippen LogP contribution in [0.15, 0.2) is 23.3 Å². The van der Waals surface area contributed by atoms with Crippen molar-refractivity contribution in [3.63, 3.8) is 0 Å². The number of thioether (sulfide) groups is 1. The Kier molecular flexibility index (Phi) is 2.64. The number of rotatable bonds is 2. The highest BCUT2D eigenvalue weighted by Crippen LogP contribution is 2.17. The van der Waals surface area contributed by atoms with Gasteiger partial charge < -0.3 is 0 Å². The molecule has 0 amide bonds. The number of pyridine rings is 1. The van der Waals surface area contributed by atoms with Gasteiger partial charge in [-0.1, -0.05) is 13.0 Å². The highest BCUT2D eigenvalue weighted by molar-refractivity contribution is 8.14. The third-order valence-electron chi connectivity index (χ3n) is 2.04. The van der Waals surface area contributed by atoms with Crippen LogP contribution >= 0.6 is 11.8 Å². The minimum absolute atomic E-state index is 0.942. The number of hydrogen-bond donors (Lipinski definition) is 0. The highest BCUT2D eigenvalue weighted by Gasteiger charge is 2.09. The molecule has 0 aromatic carbocycles. The molecule has 0 saturated heterocycles. The van der Waals surface area contributed by atoms with Gasteiger partial charge >= 0.3 is 0 Å². The molecular formula is C10H12N2S.